The van der Waals surface area contributed by atoms with Crippen molar-refractivity contribution in [3.63, 3.8) is 0 Å². The van der Waals surface area contributed by atoms with Crippen LogP contribution in [0.15, 0.2) is 43.1 Å². The van der Waals surface area contributed by atoms with Gasteiger partial charge in [-0.3, -0.25) is 4.79 Å². The zero-order valence-corrected chi connectivity index (χ0v) is 24.4. The molecule has 2 aromatic carbocycles. The number of rotatable bonds is 7. The number of ether oxygens (including phenoxy) is 3. The highest BCUT2D eigenvalue weighted by Crippen LogP contribution is 2.46. The number of amides is 2. The Morgan fingerprint density at radius 2 is 1.73 bits per heavy atom. The maximum absolute atomic E-state index is 12.7. The Labute approximate surface area is 242 Å². The lowest BCUT2D eigenvalue weighted by molar-refractivity contribution is -0.117. The van der Waals surface area contributed by atoms with Crippen LogP contribution < -0.4 is 20.1 Å². The first-order chi connectivity index (χ1) is 18.9. The number of hydrogen-bond donors (Lipinski definition) is 2. The van der Waals surface area contributed by atoms with Crippen molar-refractivity contribution in [2.75, 3.05) is 32.6 Å². The summed E-state index contributed by atoms with van der Waals surface area (Å²) >= 11 is 13.2. The minimum absolute atomic E-state index is 0.259. The van der Waals surface area contributed by atoms with Gasteiger partial charge in [0.2, 0.25) is 11.9 Å². The van der Waals surface area contributed by atoms with Crippen LogP contribution in [0.1, 0.15) is 20.8 Å². The Morgan fingerprint density at radius 1 is 1.07 bits per heavy atom. The maximum atomic E-state index is 12.7. The summed E-state index contributed by atoms with van der Waals surface area (Å²) in [6.45, 7) is 9.46. The van der Waals surface area contributed by atoms with Crippen LogP contribution in [0.3, 0.4) is 0 Å². The van der Waals surface area contributed by atoms with Gasteiger partial charge in [-0.2, -0.15) is 0 Å². The molecular weight excluding hydrogens is 557 g/mol. The average Bonchev–Trinajstić information content (AvgIpc) is 3.30. The zero-order chi connectivity index (χ0) is 29.2. The van der Waals surface area contributed by atoms with Crippen LogP contribution in [0.2, 0.25) is 10.0 Å². The first-order valence-corrected chi connectivity index (χ1v) is 13.2. The summed E-state index contributed by atoms with van der Waals surface area (Å²) < 4.78 is 16.3. The monoisotopic (exact) mass is 587 g/mol. The van der Waals surface area contributed by atoms with Gasteiger partial charge in [-0.05, 0) is 44.5 Å². The molecule has 1 aliphatic heterocycles. The lowest BCUT2D eigenvalue weighted by atomic mass is 10.0. The molecule has 0 radical (unpaired) electrons. The summed E-state index contributed by atoms with van der Waals surface area (Å²) in [5.41, 5.74) is 1.32. The second kappa shape index (κ2) is 11.8. The number of aromatic nitrogens is 2. The highest BCUT2D eigenvalue weighted by molar-refractivity contribution is 6.41. The molecule has 10 nitrogen and oxygen atoms in total. The van der Waals surface area contributed by atoms with E-state index in [4.69, 9.17) is 37.4 Å². The molecule has 0 bridgehead atoms. The first-order valence-electron chi connectivity index (χ1n) is 12.5. The molecule has 12 heteroatoms. The number of nitrogens with one attached hydrogen (secondary N) is 2. The van der Waals surface area contributed by atoms with Gasteiger partial charge in [0.15, 0.2) is 0 Å². The highest BCUT2D eigenvalue weighted by atomic mass is 35.5. The van der Waals surface area contributed by atoms with Gasteiger partial charge in [-0.25, -0.2) is 14.8 Å². The zero-order valence-electron chi connectivity index (χ0n) is 22.9. The van der Waals surface area contributed by atoms with Crippen LogP contribution in [0.5, 0.6) is 11.5 Å². The maximum Gasteiger partial charge on any atom is 0.410 e. The minimum Gasteiger partial charge on any atom is -0.495 e. The van der Waals surface area contributed by atoms with Crippen LogP contribution in [-0.2, 0) is 9.53 Å². The quantitative estimate of drug-likeness (QED) is 0.357. The normalized spacial score (nSPS) is 16.9. The summed E-state index contributed by atoms with van der Waals surface area (Å²) in [6.07, 6.45) is 2.40. The fourth-order valence-electron chi connectivity index (χ4n) is 4.38. The van der Waals surface area contributed by atoms with Crippen molar-refractivity contribution in [2.24, 2.45) is 0 Å². The Hall–Kier alpha value is -3.76. The molecule has 1 saturated heterocycles. The van der Waals surface area contributed by atoms with Gasteiger partial charge in [0.05, 0.1) is 41.9 Å². The molecule has 2 N–H and O–H groups in total. The van der Waals surface area contributed by atoms with E-state index in [0.29, 0.717) is 38.6 Å². The van der Waals surface area contributed by atoms with Crippen LogP contribution in [0, 0.1) is 0 Å². The SMILES string of the molecule is C=CC(=O)NC1CN(C(=O)OC(C)(C)C)CC1Nc1ncc2cc(-c3c(Cl)c(OC)cc(OC)c3Cl)ccc2n1. The number of hydrogen-bond acceptors (Lipinski definition) is 8. The van der Waals surface area contributed by atoms with E-state index in [0.717, 1.165) is 10.9 Å². The Balaban J connectivity index is 1.60. The molecule has 2 heterocycles. The van der Waals surface area contributed by atoms with Gasteiger partial charge in [0.25, 0.3) is 0 Å². The predicted octanol–water partition coefficient (Wildman–Crippen LogP) is 5.32. The number of benzene rings is 2. The van der Waals surface area contributed by atoms with E-state index in [1.807, 2.05) is 18.2 Å². The summed E-state index contributed by atoms with van der Waals surface area (Å²) in [5.74, 6) is 0.863. The number of likely N-dealkylation sites (tertiary alicyclic amines) is 1. The molecule has 1 fully saturated rings. The third kappa shape index (κ3) is 6.34. The second-order valence-electron chi connectivity index (χ2n) is 10.2. The van der Waals surface area contributed by atoms with Gasteiger partial charge in [-0.15, -0.1) is 0 Å². The van der Waals surface area contributed by atoms with E-state index < -0.39 is 17.7 Å². The summed E-state index contributed by atoms with van der Waals surface area (Å²) in [5, 5.41) is 7.59. The third-order valence-corrected chi connectivity index (χ3v) is 6.99. The molecule has 4 rings (SSSR count). The topological polar surface area (TPSA) is 115 Å². The number of methoxy groups -OCH3 is 2. The fraction of sp³-hybridized carbons (Fsp3) is 0.357. The lowest BCUT2D eigenvalue weighted by Crippen LogP contribution is -2.45. The van der Waals surface area contributed by atoms with Gasteiger partial charge in [0, 0.05) is 36.3 Å². The van der Waals surface area contributed by atoms with Gasteiger partial charge in [0.1, 0.15) is 17.1 Å². The number of anilines is 1. The summed E-state index contributed by atoms with van der Waals surface area (Å²) in [6, 6.07) is 6.40. The van der Waals surface area contributed by atoms with Crippen molar-refractivity contribution in [2.45, 2.75) is 38.5 Å². The Kier molecular flexibility index (Phi) is 8.60. The third-order valence-electron chi connectivity index (χ3n) is 6.24. The van der Waals surface area contributed by atoms with Crippen LogP contribution in [-0.4, -0.2) is 71.9 Å². The molecule has 0 aliphatic carbocycles. The van der Waals surface area contributed by atoms with E-state index in [2.05, 4.69) is 27.2 Å². The van der Waals surface area contributed by atoms with Crippen molar-refractivity contribution >= 4 is 52.1 Å². The van der Waals surface area contributed by atoms with E-state index >= 15 is 0 Å². The number of halogens is 2. The lowest BCUT2D eigenvalue weighted by Gasteiger charge is -2.24. The molecular formula is C28H31Cl2N5O5. The molecule has 212 valence electrons. The summed E-state index contributed by atoms with van der Waals surface area (Å²) in [7, 11) is 3.04. The smallest absolute Gasteiger partial charge is 0.410 e. The van der Waals surface area contributed by atoms with Crippen LogP contribution >= 0.6 is 23.2 Å². The molecule has 0 spiro atoms. The molecule has 40 heavy (non-hydrogen) atoms. The van der Waals surface area contributed by atoms with Crippen molar-refractivity contribution in [3.8, 4) is 22.6 Å². The number of carbonyl (C=O) groups is 2. The standard InChI is InChI=1S/C28H31Cl2N5O5/c1-7-22(36)32-18-13-35(27(37)40-28(2,3)4)14-19(18)34-26-31-12-16-10-15(8-9-17(16)33-26)23-24(29)20(38-5)11-21(39-6)25(23)30/h7-12,18-19H,1,13-14H2,2-6H3,(H,32,36)(H,31,33,34). The molecule has 2 atom stereocenters. The average molecular weight is 588 g/mol. The van der Waals surface area contributed by atoms with Crippen molar-refractivity contribution < 1.29 is 23.8 Å². The molecule has 3 aromatic rings. The molecule has 1 aromatic heterocycles. The summed E-state index contributed by atoms with van der Waals surface area (Å²) in [4.78, 5) is 35.4. The largest absolute Gasteiger partial charge is 0.495 e. The van der Waals surface area contributed by atoms with Crippen molar-refractivity contribution in [1.29, 1.82) is 0 Å². The highest BCUT2D eigenvalue weighted by Gasteiger charge is 2.38. The molecule has 0 saturated carbocycles. The van der Waals surface area contributed by atoms with E-state index in [-0.39, 0.29) is 25.0 Å². The number of fused-ring (bicyclic) bond motifs is 1. The van der Waals surface area contributed by atoms with Crippen LogP contribution in [0.4, 0.5) is 10.7 Å². The van der Waals surface area contributed by atoms with E-state index in [9.17, 15) is 9.59 Å². The van der Waals surface area contributed by atoms with E-state index in [1.54, 1.807) is 37.9 Å². The van der Waals surface area contributed by atoms with Crippen LogP contribution in [0.25, 0.3) is 22.0 Å². The van der Waals surface area contributed by atoms with Gasteiger partial charge < -0.3 is 29.7 Å². The molecule has 1 aliphatic rings. The Morgan fingerprint density at radius 3 is 2.33 bits per heavy atom. The second-order valence-corrected chi connectivity index (χ2v) is 11.0. The van der Waals surface area contributed by atoms with Crippen molar-refractivity contribution in [1.82, 2.24) is 20.2 Å². The number of carbonyl (C=O) groups excluding carboxylic acids is 2. The predicted molar refractivity (Wildman–Crippen MR) is 155 cm³/mol. The van der Waals surface area contributed by atoms with Gasteiger partial charge in [-0.1, -0.05) is 35.8 Å². The molecule has 2 amide bonds. The fourth-order valence-corrected chi connectivity index (χ4v) is 5.10. The van der Waals surface area contributed by atoms with Crippen molar-refractivity contribution in [3.05, 3.63) is 53.2 Å². The number of nitrogens with zero attached hydrogens (tertiary/aromatic N) is 3. The first kappa shape index (κ1) is 29.2. The molecule has 2 unspecified atom stereocenters. The Bertz CT molecular complexity index is 1430. The van der Waals surface area contributed by atoms with Gasteiger partial charge >= 0.3 is 6.09 Å². The van der Waals surface area contributed by atoms with E-state index in [1.165, 1.54) is 20.3 Å². The minimum atomic E-state index is -0.646.